The van der Waals surface area contributed by atoms with Gasteiger partial charge < -0.3 is 20.8 Å². The molecule has 84 valence electrons. The second-order valence-corrected chi connectivity index (χ2v) is 3.49. The molecule has 6 nitrogen and oxygen atoms in total. The van der Waals surface area contributed by atoms with Crippen molar-refractivity contribution in [2.75, 3.05) is 6.61 Å². The summed E-state index contributed by atoms with van der Waals surface area (Å²) in [5, 5.41) is 8.77. The molecule has 1 heterocycles. The molecule has 0 saturated carbocycles. The second kappa shape index (κ2) is 3.92. The van der Waals surface area contributed by atoms with Gasteiger partial charge in [-0.3, -0.25) is 4.79 Å². The highest BCUT2D eigenvalue weighted by atomic mass is 16.3. The number of fused-ring (bicyclic) bond motifs is 1. The van der Waals surface area contributed by atoms with Gasteiger partial charge in [0.05, 0.1) is 23.7 Å². The number of aromatic nitrogens is 2. The van der Waals surface area contributed by atoms with Crippen LogP contribution in [0.1, 0.15) is 10.4 Å². The Balaban J connectivity index is 2.46. The lowest BCUT2D eigenvalue weighted by Crippen LogP contribution is -2.33. The van der Waals surface area contributed by atoms with Gasteiger partial charge >= 0.3 is 5.69 Å². The molecule has 0 bridgehead atoms. The van der Waals surface area contributed by atoms with Gasteiger partial charge in [0.15, 0.2) is 5.78 Å². The Morgan fingerprint density at radius 1 is 1.38 bits per heavy atom. The van der Waals surface area contributed by atoms with Crippen molar-refractivity contribution in [2.24, 2.45) is 5.73 Å². The summed E-state index contributed by atoms with van der Waals surface area (Å²) in [4.78, 5) is 27.7. The maximum atomic E-state index is 11.6. The molecule has 0 spiro atoms. The Labute approximate surface area is 90.1 Å². The molecule has 0 amide bonds. The average Bonchev–Trinajstić information content (AvgIpc) is 2.65. The van der Waals surface area contributed by atoms with Gasteiger partial charge in [0.1, 0.15) is 0 Å². The first-order chi connectivity index (χ1) is 7.61. The van der Waals surface area contributed by atoms with Gasteiger partial charge in [0.25, 0.3) is 0 Å². The fraction of sp³-hybridized carbons (Fsp3) is 0.200. The van der Waals surface area contributed by atoms with Gasteiger partial charge in [-0.05, 0) is 18.2 Å². The molecule has 1 aromatic heterocycles. The number of benzene rings is 1. The fourth-order valence-electron chi connectivity index (χ4n) is 1.48. The summed E-state index contributed by atoms with van der Waals surface area (Å²) in [6.45, 7) is -0.402. The van der Waals surface area contributed by atoms with Crippen LogP contribution in [0.2, 0.25) is 0 Å². The lowest BCUT2D eigenvalue weighted by molar-refractivity contribution is 0.0925. The smallest absolute Gasteiger partial charge is 0.323 e. The summed E-state index contributed by atoms with van der Waals surface area (Å²) in [6.07, 6.45) is 0. The Morgan fingerprint density at radius 2 is 2.06 bits per heavy atom. The largest absolute Gasteiger partial charge is 0.394 e. The number of nitrogens with two attached hydrogens (primary N) is 1. The Kier molecular flexibility index (Phi) is 2.59. The number of imidazole rings is 1. The van der Waals surface area contributed by atoms with Crippen LogP contribution in [-0.4, -0.2) is 33.5 Å². The molecule has 2 aromatic rings. The third-order valence-corrected chi connectivity index (χ3v) is 2.33. The molecule has 16 heavy (non-hydrogen) atoms. The summed E-state index contributed by atoms with van der Waals surface area (Å²) < 4.78 is 0. The van der Waals surface area contributed by atoms with E-state index in [0.29, 0.717) is 16.6 Å². The van der Waals surface area contributed by atoms with E-state index in [9.17, 15) is 9.59 Å². The van der Waals surface area contributed by atoms with Gasteiger partial charge in [-0.15, -0.1) is 0 Å². The van der Waals surface area contributed by atoms with E-state index in [1.165, 1.54) is 6.07 Å². The highest BCUT2D eigenvalue weighted by Gasteiger charge is 2.15. The van der Waals surface area contributed by atoms with Crippen LogP contribution in [-0.2, 0) is 0 Å². The number of Topliss-reactive ketones (excluding diaryl/α,β-unsaturated/α-hetero) is 1. The first kappa shape index (κ1) is 10.6. The number of nitrogens with one attached hydrogen (secondary N) is 2. The van der Waals surface area contributed by atoms with Gasteiger partial charge in [-0.1, -0.05) is 0 Å². The van der Waals surface area contributed by atoms with Crippen molar-refractivity contribution in [2.45, 2.75) is 6.04 Å². The highest BCUT2D eigenvalue weighted by molar-refractivity contribution is 6.02. The number of aliphatic hydroxyl groups excluding tert-OH is 1. The highest BCUT2D eigenvalue weighted by Crippen LogP contribution is 2.11. The first-order valence-electron chi connectivity index (χ1n) is 4.74. The van der Waals surface area contributed by atoms with Crippen LogP contribution in [0.25, 0.3) is 11.0 Å². The summed E-state index contributed by atoms with van der Waals surface area (Å²) in [5.41, 5.74) is 6.62. The minimum atomic E-state index is -0.928. The third-order valence-electron chi connectivity index (χ3n) is 2.33. The zero-order valence-corrected chi connectivity index (χ0v) is 8.36. The van der Waals surface area contributed by atoms with Gasteiger partial charge in [0.2, 0.25) is 0 Å². The maximum Gasteiger partial charge on any atom is 0.323 e. The van der Waals surface area contributed by atoms with Crippen molar-refractivity contribution in [3.05, 3.63) is 34.2 Å². The molecule has 1 aromatic carbocycles. The summed E-state index contributed by atoms with van der Waals surface area (Å²) in [7, 11) is 0. The molecule has 0 aliphatic carbocycles. The van der Waals surface area contributed by atoms with Crippen molar-refractivity contribution < 1.29 is 9.90 Å². The van der Waals surface area contributed by atoms with Gasteiger partial charge in [0, 0.05) is 5.56 Å². The summed E-state index contributed by atoms with van der Waals surface area (Å²) >= 11 is 0. The Hall–Kier alpha value is -1.92. The molecule has 0 saturated heterocycles. The zero-order valence-electron chi connectivity index (χ0n) is 8.36. The van der Waals surface area contributed by atoms with Crippen LogP contribution in [0.5, 0.6) is 0 Å². The van der Waals surface area contributed by atoms with Crippen molar-refractivity contribution >= 4 is 16.8 Å². The van der Waals surface area contributed by atoms with Crippen LogP contribution >= 0.6 is 0 Å². The lowest BCUT2D eigenvalue weighted by Gasteiger charge is -2.06. The predicted molar refractivity (Wildman–Crippen MR) is 58.3 cm³/mol. The minimum absolute atomic E-state index is 0.328. The zero-order chi connectivity index (χ0) is 11.7. The van der Waals surface area contributed by atoms with Crippen LogP contribution < -0.4 is 11.4 Å². The minimum Gasteiger partial charge on any atom is -0.394 e. The molecule has 0 radical (unpaired) electrons. The Bertz CT molecular complexity index is 584. The van der Waals surface area contributed by atoms with Crippen molar-refractivity contribution in [3.8, 4) is 0 Å². The van der Waals surface area contributed by atoms with Gasteiger partial charge in [-0.2, -0.15) is 0 Å². The van der Waals surface area contributed by atoms with Crippen molar-refractivity contribution in [1.29, 1.82) is 0 Å². The Morgan fingerprint density at radius 3 is 2.75 bits per heavy atom. The van der Waals surface area contributed by atoms with Crippen LogP contribution in [0, 0.1) is 0 Å². The van der Waals surface area contributed by atoms with E-state index in [2.05, 4.69) is 9.97 Å². The second-order valence-electron chi connectivity index (χ2n) is 3.49. The SMILES string of the molecule is NC(CO)C(=O)c1ccc2[nH]c(=O)[nH]c2c1. The van der Waals surface area contributed by atoms with Crippen LogP contribution in [0.15, 0.2) is 23.0 Å². The van der Waals surface area contributed by atoms with Crippen LogP contribution in [0.4, 0.5) is 0 Å². The number of hydrogen-bond donors (Lipinski definition) is 4. The van der Waals surface area contributed by atoms with Crippen LogP contribution in [0.3, 0.4) is 0 Å². The van der Waals surface area contributed by atoms with Crippen molar-refractivity contribution in [1.82, 2.24) is 9.97 Å². The molecule has 2 rings (SSSR count). The molecular formula is C10H11N3O3. The quantitative estimate of drug-likeness (QED) is 0.516. The molecular weight excluding hydrogens is 210 g/mol. The molecule has 5 N–H and O–H groups in total. The van der Waals surface area contributed by atoms with E-state index in [4.69, 9.17) is 10.8 Å². The van der Waals surface area contributed by atoms with Gasteiger partial charge in [-0.25, -0.2) is 4.79 Å². The average molecular weight is 221 g/mol. The number of aliphatic hydroxyl groups is 1. The van der Waals surface area contributed by atoms with E-state index in [0.717, 1.165) is 0 Å². The third kappa shape index (κ3) is 1.75. The van der Waals surface area contributed by atoms with E-state index in [1.807, 2.05) is 0 Å². The number of carbonyl (C=O) groups is 1. The van der Waals surface area contributed by atoms with E-state index >= 15 is 0 Å². The standard InChI is InChI=1S/C10H11N3O3/c11-6(4-14)9(15)5-1-2-7-8(3-5)13-10(16)12-7/h1-3,6,14H,4,11H2,(H2,12,13,16). The lowest BCUT2D eigenvalue weighted by atomic mass is 10.1. The number of aromatic amines is 2. The fourth-order valence-corrected chi connectivity index (χ4v) is 1.48. The number of carbonyl (C=O) groups excluding carboxylic acids is 1. The van der Waals surface area contributed by atoms with E-state index in [-0.39, 0.29) is 11.5 Å². The molecule has 1 atom stereocenters. The number of H-pyrrole nitrogens is 2. The molecule has 0 fully saturated rings. The van der Waals surface area contributed by atoms with E-state index < -0.39 is 12.6 Å². The topological polar surface area (TPSA) is 112 Å². The summed E-state index contributed by atoms with van der Waals surface area (Å²) in [6, 6.07) is 3.78. The first-order valence-corrected chi connectivity index (χ1v) is 4.74. The predicted octanol–water partition coefficient (Wildman–Crippen LogP) is -0.642. The molecule has 0 aliphatic heterocycles. The molecule has 0 aliphatic rings. The normalized spacial score (nSPS) is 12.9. The number of ketones is 1. The molecule has 1 unspecified atom stereocenters. The maximum absolute atomic E-state index is 11.6. The molecule has 6 heteroatoms. The number of rotatable bonds is 3. The van der Waals surface area contributed by atoms with Crippen molar-refractivity contribution in [3.63, 3.8) is 0 Å². The number of hydrogen-bond acceptors (Lipinski definition) is 4. The monoisotopic (exact) mass is 221 g/mol. The van der Waals surface area contributed by atoms with E-state index in [1.54, 1.807) is 12.1 Å². The summed E-state index contributed by atoms with van der Waals surface area (Å²) in [5.74, 6) is -0.355.